The van der Waals surface area contributed by atoms with Gasteiger partial charge >= 0.3 is 0 Å². The second kappa shape index (κ2) is 6.48. The van der Waals surface area contributed by atoms with Gasteiger partial charge in [-0.05, 0) is 31.8 Å². The molecule has 0 bridgehead atoms. The van der Waals surface area contributed by atoms with Crippen LogP contribution in [-0.2, 0) is 4.74 Å². The van der Waals surface area contributed by atoms with Crippen LogP contribution >= 0.6 is 0 Å². The van der Waals surface area contributed by atoms with Crippen LogP contribution in [0.25, 0.3) is 0 Å². The third-order valence-corrected chi connectivity index (χ3v) is 2.59. The molecule has 0 rings (SSSR count). The van der Waals surface area contributed by atoms with Crippen molar-refractivity contribution < 1.29 is 13.5 Å². The Balaban J connectivity index is 4.21. The fraction of sp³-hybridized carbons (Fsp3) is 0.857. The van der Waals surface area contributed by atoms with Gasteiger partial charge in [0.2, 0.25) is 0 Å². The van der Waals surface area contributed by atoms with Gasteiger partial charge in [0.1, 0.15) is 0 Å². The summed E-state index contributed by atoms with van der Waals surface area (Å²) in [6, 6.07) is 0. The molecule has 0 aromatic rings. The molecule has 0 aliphatic rings. The zero-order valence-corrected chi connectivity index (χ0v) is 11.9. The average Bonchev–Trinajstić information content (AvgIpc) is 2.14. The van der Waals surface area contributed by atoms with Gasteiger partial charge in [0.05, 0.1) is 12.7 Å². The summed E-state index contributed by atoms with van der Waals surface area (Å²) < 4.78 is 32.2. The first-order valence-electron chi connectivity index (χ1n) is 6.24. The van der Waals surface area contributed by atoms with Gasteiger partial charge < -0.3 is 4.74 Å². The normalized spacial score (nSPS) is 14.2. The maximum Gasteiger partial charge on any atom is 0.268 e. The van der Waals surface area contributed by atoms with Crippen molar-refractivity contribution in [2.24, 2.45) is 11.3 Å². The Morgan fingerprint density at radius 2 is 1.65 bits per heavy atom. The predicted octanol–water partition coefficient (Wildman–Crippen LogP) is 4.68. The molecule has 0 heterocycles. The molecular weight excluding hydrogens is 222 g/mol. The molecule has 3 heteroatoms. The minimum Gasteiger partial charge on any atom is -0.378 e. The van der Waals surface area contributed by atoms with Crippen LogP contribution < -0.4 is 0 Å². The van der Waals surface area contributed by atoms with E-state index >= 15 is 0 Å². The molecule has 0 spiro atoms. The van der Waals surface area contributed by atoms with Crippen LogP contribution in [0.2, 0.25) is 0 Å². The highest BCUT2D eigenvalue weighted by Crippen LogP contribution is 2.28. The van der Waals surface area contributed by atoms with Gasteiger partial charge in [-0.25, -0.2) is 8.78 Å². The lowest BCUT2D eigenvalue weighted by Gasteiger charge is -2.24. The molecule has 0 saturated heterocycles. The maximum absolute atomic E-state index is 13.3. The summed E-state index contributed by atoms with van der Waals surface area (Å²) >= 11 is 0. The molecule has 0 unspecified atom stereocenters. The third kappa shape index (κ3) is 7.48. The minimum absolute atomic E-state index is 0.103. The highest BCUT2D eigenvalue weighted by Gasteiger charge is 2.29. The lowest BCUT2D eigenvalue weighted by molar-refractivity contribution is 0.00455. The summed E-state index contributed by atoms with van der Waals surface area (Å²) in [6.45, 7) is 11.6. The summed E-state index contributed by atoms with van der Waals surface area (Å²) in [6.07, 6.45) is 3.37. The maximum atomic E-state index is 13.3. The summed E-state index contributed by atoms with van der Waals surface area (Å²) in [5.74, 6) is -3.37. The van der Waals surface area contributed by atoms with E-state index in [2.05, 4.69) is 0 Å². The Morgan fingerprint density at radius 1 is 1.12 bits per heavy atom. The number of allylic oxidation sites excluding steroid dienone is 2. The lowest BCUT2D eigenvalue weighted by Crippen LogP contribution is -2.23. The second-order valence-corrected chi connectivity index (χ2v) is 5.96. The van der Waals surface area contributed by atoms with Crippen LogP contribution in [0.4, 0.5) is 8.78 Å². The standard InChI is InChI=1S/C14H26F2O/c1-11(2)14(15,16)9-7-8-13(5,6)10-17-12(3)4/h7,9,11-12H,8,10H2,1-6H3/b9-7+. The van der Waals surface area contributed by atoms with E-state index in [0.29, 0.717) is 13.0 Å². The number of rotatable bonds is 7. The largest absolute Gasteiger partial charge is 0.378 e. The van der Waals surface area contributed by atoms with Crippen molar-refractivity contribution in [1.29, 1.82) is 0 Å². The molecule has 0 aromatic carbocycles. The van der Waals surface area contributed by atoms with E-state index in [-0.39, 0.29) is 11.5 Å². The Bertz CT molecular complexity index is 243. The second-order valence-electron chi connectivity index (χ2n) is 5.96. The topological polar surface area (TPSA) is 9.23 Å². The zero-order chi connectivity index (χ0) is 13.7. The molecule has 0 aromatic heterocycles. The van der Waals surface area contributed by atoms with E-state index in [0.717, 1.165) is 6.08 Å². The zero-order valence-electron chi connectivity index (χ0n) is 11.9. The fourth-order valence-corrected chi connectivity index (χ4v) is 1.18. The number of ether oxygens (including phenoxy) is 1. The summed E-state index contributed by atoms with van der Waals surface area (Å²) in [5.41, 5.74) is -0.103. The highest BCUT2D eigenvalue weighted by atomic mass is 19.3. The van der Waals surface area contributed by atoms with Gasteiger partial charge in [-0.2, -0.15) is 0 Å². The van der Waals surface area contributed by atoms with Gasteiger partial charge in [0.25, 0.3) is 5.92 Å². The van der Waals surface area contributed by atoms with Crippen molar-refractivity contribution in [2.75, 3.05) is 6.61 Å². The number of hydrogen-bond acceptors (Lipinski definition) is 1. The Labute approximate surface area is 104 Å². The van der Waals surface area contributed by atoms with E-state index in [9.17, 15) is 8.78 Å². The van der Waals surface area contributed by atoms with Crippen molar-refractivity contribution in [2.45, 2.75) is 60.0 Å². The molecule has 102 valence electrons. The average molecular weight is 248 g/mol. The van der Waals surface area contributed by atoms with E-state index in [4.69, 9.17) is 4.74 Å². The summed E-state index contributed by atoms with van der Waals surface area (Å²) in [4.78, 5) is 0. The van der Waals surface area contributed by atoms with Crippen LogP contribution in [-0.4, -0.2) is 18.6 Å². The Hall–Kier alpha value is -0.440. The third-order valence-electron chi connectivity index (χ3n) is 2.59. The van der Waals surface area contributed by atoms with Crippen molar-refractivity contribution in [3.8, 4) is 0 Å². The molecule has 0 atom stereocenters. The minimum atomic E-state index is -2.71. The molecule has 17 heavy (non-hydrogen) atoms. The first-order valence-corrected chi connectivity index (χ1v) is 6.24. The number of halogens is 2. The van der Waals surface area contributed by atoms with Crippen LogP contribution in [0.3, 0.4) is 0 Å². The van der Waals surface area contributed by atoms with Gasteiger partial charge in [0.15, 0.2) is 0 Å². The monoisotopic (exact) mass is 248 g/mol. The van der Waals surface area contributed by atoms with Crippen molar-refractivity contribution >= 4 is 0 Å². The lowest BCUT2D eigenvalue weighted by atomic mass is 9.89. The molecular formula is C14H26F2O. The van der Waals surface area contributed by atoms with Crippen LogP contribution in [0.1, 0.15) is 48.0 Å². The van der Waals surface area contributed by atoms with Crippen LogP contribution in [0.5, 0.6) is 0 Å². The molecule has 0 saturated carbocycles. The van der Waals surface area contributed by atoms with Crippen LogP contribution in [0, 0.1) is 11.3 Å². The molecule has 0 fully saturated rings. The molecule has 0 radical (unpaired) electrons. The summed E-state index contributed by atoms with van der Waals surface area (Å²) in [7, 11) is 0. The van der Waals surface area contributed by atoms with E-state index in [1.807, 2.05) is 27.7 Å². The molecule has 0 aliphatic carbocycles. The summed E-state index contributed by atoms with van der Waals surface area (Å²) in [5, 5.41) is 0. The Morgan fingerprint density at radius 3 is 2.06 bits per heavy atom. The van der Waals surface area contributed by atoms with Gasteiger partial charge in [0, 0.05) is 5.92 Å². The predicted molar refractivity (Wildman–Crippen MR) is 68.4 cm³/mol. The SMILES string of the molecule is CC(C)OCC(C)(C)C/C=C/C(F)(F)C(C)C. The van der Waals surface area contributed by atoms with Gasteiger partial charge in [-0.15, -0.1) is 0 Å². The van der Waals surface area contributed by atoms with Gasteiger partial charge in [-0.1, -0.05) is 33.8 Å². The van der Waals surface area contributed by atoms with Gasteiger partial charge in [-0.3, -0.25) is 0 Å². The number of hydrogen-bond donors (Lipinski definition) is 0. The molecule has 1 nitrogen and oxygen atoms in total. The van der Waals surface area contributed by atoms with Crippen molar-refractivity contribution in [3.05, 3.63) is 12.2 Å². The van der Waals surface area contributed by atoms with Crippen molar-refractivity contribution in [1.82, 2.24) is 0 Å². The molecule has 0 N–H and O–H groups in total. The first kappa shape index (κ1) is 16.6. The fourth-order valence-electron chi connectivity index (χ4n) is 1.18. The highest BCUT2D eigenvalue weighted by molar-refractivity contribution is 4.98. The smallest absolute Gasteiger partial charge is 0.268 e. The first-order chi connectivity index (χ1) is 7.57. The quantitative estimate of drug-likeness (QED) is 0.595. The van der Waals surface area contributed by atoms with Crippen molar-refractivity contribution in [3.63, 3.8) is 0 Å². The molecule has 0 aliphatic heterocycles. The molecule has 0 amide bonds. The Kier molecular flexibility index (Phi) is 6.31. The van der Waals surface area contributed by atoms with E-state index < -0.39 is 11.8 Å². The van der Waals surface area contributed by atoms with E-state index in [1.54, 1.807) is 6.08 Å². The number of alkyl halides is 2. The van der Waals surface area contributed by atoms with Crippen LogP contribution in [0.15, 0.2) is 12.2 Å². The van der Waals surface area contributed by atoms with E-state index in [1.165, 1.54) is 13.8 Å².